The van der Waals surface area contributed by atoms with Crippen LogP contribution in [-0.4, -0.2) is 22.2 Å². The molecule has 1 aromatic carbocycles. The Morgan fingerprint density at radius 1 is 1.35 bits per heavy atom. The monoisotopic (exact) mass is 429 g/mol. The van der Waals surface area contributed by atoms with E-state index >= 15 is 0 Å². The number of benzene rings is 1. The van der Waals surface area contributed by atoms with Crippen molar-refractivity contribution < 1.29 is 23.4 Å². The van der Waals surface area contributed by atoms with Crippen molar-refractivity contribution in [3.8, 4) is 5.75 Å². The number of ether oxygens (including phenoxy) is 1. The molecule has 0 aliphatic heterocycles. The van der Waals surface area contributed by atoms with Gasteiger partial charge in [0.15, 0.2) is 5.75 Å². The quantitative estimate of drug-likeness (QED) is 0.729. The summed E-state index contributed by atoms with van der Waals surface area (Å²) in [6.07, 6.45) is -4.38. The van der Waals surface area contributed by atoms with Crippen LogP contribution in [0.15, 0.2) is 27.1 Å². The highest BCUT2D eigenvalue weighted by molar-refractivity contribution is 9.11. The smallest absolute Gasteiger partial charge is 0.474 e. The highest BCUT2D eigenvalue weighted by Crippen LogP contribution is 2.40. The molecule has 1 aromatic heterocycles. The molecule has 106 valence electrons. The van der Waals surface area contributed by atoms with Crippen molar-refractivity contribution in [3.05, 3.63) is 32.3 Å². The Kier molecular flexibility index (Phi) is 4.17. The van der Waals surface area contributed by atoms with Gasteiger partial charge >= 0.3 is 12.1 Å². The molecule has 1 N–H and O–H groups in total. The lowest BCUT2D eigenvalue weighted by Crippen LogP contribution is -2.35. The zero-order chi connectivity index (χ0) is 15.1. The second kappa shape index (κ2) is 5.42. The average molecular weight is 431 g/mol. The number of halogens is 5. The molecule has 1 heterocycles. The molecule has 0 radical (unpaired) electrons. The van der Waals surface area contributed by atoms with Crippen molar-refractivity contribution in [2.75, 3.05) is 0 Å². The van der Waals surface area contributed by atoms with E-state index in [0.717, 1.165) is 0 Å². The lowest BCUT2D eigenvalue weighted by atomic mass is 10.2. The highest BCUT2D eigenvalue weighted by atomic mass is 79.9. The summed E-state index contributed by atoms with van der Waals surface area (Å²) in [5, 5.41) is 8.94. The summed E-state index contributed by atoms with van der Waals surface area (Å²) in [6.45, 7) is 0. The molecular formula is C11H4Br2ClF2NO3. The summed E-state index contributed by atoms with van der Waals surface area (Å²) in [4.78, 5) is 14.4. The van der Waals surface area contributed by atoms with Gasteiger partial charge in [-0.3, -0.25) is 0 Å². The maximum Gasteiger partial charge on any atom is 0.502 e. The molecule has 0 atom stereocenters. The van der Waals surface area contributed by atoms with Crippen LogP contribution in [0.1, 0.15) is 0 Å². The molecule has 0 aliphatic rings. The number of alkyl halides is 2. The summed E-state index contributed by atoms with van der Waals surface area (Å²) in [5.74, 6) is -2.81. The third kappa shape index (κ3) is 2.87. The van der Waals surface area contributed by atoms with Gasteiger partial charge in [-0.1, -0.05) is 27.5 Å². The van der Waals surface area contributed by atoms with Crippen molar-refractivity contribution in [1.82, 2.24) is 4.98 Å². The first kappa shape index (κ1) is 15.4. The summed E-state index contributed by atoms with van der Waals surface area (Å²) in [7, 11) is 0. The van der Waals surface area contributed by atoms with E-state index in [-0.39, 0.29) is 15.1 Å². The van der Waals surface area contributed by atoms with E-state index in [9.17, 15) is 13.6 Å². The van der Waals surface area contributed by atoms with Crippen molar-refractivity contribution >= 4 is 60.3 Å². The Labute approximate surface area is 133 Å². The number of hydrogen-bond acceptors (Lipinski definition) is 3. The molecule has 2 aromatic rings. The maximum absolute atomic E-state index is 13.2. The van der Waals surface area contributed by atoms with Crippen molar-refractivity contribution in [2.45, 2.75) is 6.11 Å². The van der Waals surface area contributed by atoms with Crippen LogP contribution in [0.25, 0.3) is 10.9 Å². The lowest BCUT2D eigenvalue weighted by Gasteiger charge is -2.16. The number of fused-ring (bicyclic) bond motifs is 1. The lowest BCUT2D eigenvalue weighted by molar-refractivity contribution is -0.210. The van der Waals surface area contributed by atoms with Crippen LogP contribution in [0, 0.1) is 0 Å². The fourth-order valence-corrected chi connectivity index (χ4v) is 2.94. The van der Waals surface area contributed by atoms with Gasteiger partial charge in [-0.05, 0) is 34.1 Å². The Morgan fingerprint density at radius 2 is 2.00 bits per heavy atom. The number of carboxylic acid groups (broad SMARTS) is 1. The molecular weight excluding hydrogens is 427 g/mol. The molecule has 0 spiro atoms. The number of rotatable bonds is 3. The van der Waals surface area contributed by atoms with Gasteiger partial charge in [-0.2, -0.15) is 8.78 Å². The fraction of sp³-hybridized carbons (Fsp3) is 0.0909. The first-order valence-corrected chi connectivity index (χ1v) is 6.93. The molecule has 0 saturated heterocycles. The van der Waals surface area contributed by atoms with Crippen LogP contribution in [0.2, 0.25) is 5.15 Å². The maximum atomic E-state index is 13.2. The SMILES string of the molecule is O=C(O)C(F)(F)Oc1c(Br)cc(Br)c2ccc(Cl)nc12. The highest BCUT2D eigenvalue weighted by Gasteiger charge is 2.43. The standard InChI is InChI=1S/C11H4Br2ClF2NO3/c12-5-3-6(13)9(20-11(15,16)10(18)19)8-4(5)1-2-7(14)17-8/h1-3H,(H,18,19). The number of pyridine rings is 1. The van der Waals surface area contributed by atoms with Gasteiger partial charge in [0.2, 0.25) is 0 Å². The first-order valence-electron chi connectivity index (χ1n) is 4.97. The average Bonchev–Trinajstić information content (AvgIpc) is 2.34. The number of aliphatic carboxylic acids is 1. The Hall–Kier alpha value is -0.990. The third-order valence-corrected chi connectivity index (χ3v) is 3.74. The molecule has 0 bridgehead atoms. The van der Waals surface area contributed by atoms with Crippen molar-refractivity contribution in [1.29, 1.82) is 0 Å². The van der Waals surface area contributed by atoms with E-state index in [0.29, 0.717) is 9.86 Å². The minimum atomic E-state index is -4.38. The number of nitrogens with zero attached hydrogens (tertiary/aromatic N) is 1. The molecule has 0 amide bonds. The molecule has 2 rings (SSSR count). The van der Waals surface area contributed by atoms with Crippen LogP contribution < -0.4 is 4.74 Å². The Balaban J connectivity index is 2.69. The molecule has 0 unspecified atom stereocenters. The zero-order valence-corrected chi connectivity index (χ0v) is 13.3. The number of hydrogen-bond donors (Lipinski definition) is 1. The normalized spacial score (nSPS) is 11.7. The van der Waals surface area contributed by atoms with E-state index in [1.54, 1.807) is 6.07 Å². The van der Waals surface area contributed by atoms with E-state index in [4.69, 9.17) is 16.7 Å². The van der Waals surface area contributed by atoms with Gasteiger partial charge in [-0.15, -0.1) is 0 Å². The van der Waals surface area contributed by atoms with Crippen molar-refractivity contribution in [2.24, 2.45) is 0 Å². The van der Waals surface area contributed by atoms with Crippen LogP contribution in [-0.2, 0) is 4.79 Å². The van der Waals surface area contributed by atoms with Gasteiger partial charge in [0.05, 0.1) is 4.47 Å². The van der Waals surface area contributed by atoms with E-state index in [2.05, 4.69) is 41.6 Å². The molecule has 0 aliphatic carbocycles. The summed E-state index contributed by atoms with van der Waals surface area (Å²) in [5.41, 5.74) is 0.0136. The second-order valence-corrected chi connectivity index (χ2v) is 5.72. The van der Waals surface area contributed by atoms with Crippen LogP contribution in [0.5, 0.6) is 5.75 Å². The third-order valence-electron chi connectivity index (χ3n) is 2.28. The second-order valence-electron chi connectivity index (χ2n) is 3.62. The largest absolute Gasteiger partial charge is 0.502 e. The molecule has 0 fully saturated rings. The minimum Gasteiger partial charge on any atom is -0.474 e. The number of carboxylic acids is 1. The Bertz CT molecular complexity index is 712. The van der Waals surface area contributed by atoms with Crippen LogP contribution >= 0.6 is 43.5 Å². The molecule has 9 heteroatoms. The van der Waals surface area contributed by atoms with Gasteiger partial charge < -0.3 is 9.84 Å². The van der Waals surface area contributed by atoms with Crippen LogP contribution in [0.3, 0.4) is 0 Å². The topological polar surface area (TPSA) is 59.4 Å². The number of carbonyl (C=O) groups is 1. The van der Waals surface area contributed by atoms with Gasteiger partial charge in [-0.25, -0.2) is 9.78 Å². The first-order chi connectivity index (χ1) is 9.22. The molecule has 4 nitrogen and oxygen atoms in total. The van der Waals surface area contributed by atoms with E-state index in [1.807, 2.05) is 0 Å². The van der Waals surface area contributed by atoms with E-state index < -0.39 is 17.8 Å². The summed E-state index contributed by atoms with van der Waals surface area (Å²) >= 11 is 12.0. The predicted molar refractivity (Wildman–Crippen MR) is 75.4 cm³/mol. The van der Waals surface area contributed by atoms with E-state index in [1.165, 1.54) is 12.1 Å². The van der Waals surface area contributed by atoms with Crippen molar-refractivity contribution in [3.63, 3.8) is 0 Å². The fourth-order valence-electron chi connectivity index (χ4n) is 1.44. The summed E-state index contributed by atoms with van der Waals surface area (Å²) < 4.78 is 31.4. The van der Waals surface area contributed by atoms with Gasteiger partial charge in [0.25, 0.3) is 0 Å². The molecule has 0 saturated carbocycles. The summed E-state index contributed by atoms with van der Waals surface area (Å²) in [6, 6.07) is 4.47. The van der Waals surface area contributed by atoms with Gasteiger partial charge in [0, 0.05) is 9.86 Å². The minimum absolute atomic E-state index is 0.0136. The number of aromatic nitrogens is 1. The zero-order valence-electron chi connectivity index (χ0n) is 9.33. The molecule has 20 heavy (non-hydrogen) atoms. The Morgan fingerprint density at radius 3 is 2.60 bits per heavy atom. The van der Waals surface area contributed by atoms with Gasteiger partial charge in [0.1, 0.15) is 10.7 Å². The van der Waals surface area contributed by atoms with Crippen LogP contribution in [0.4, 0.5) is 8.78 Å². The predicted octanol–water partition coefficient (Wildman–Crippen LogP) is 4.47.